The third-order valence-corrected chi connectivity index (χ3v) is 3.17. The van der Waals surface area contributed by atoms with Gasteiger partial charge in [0.2, 0.25) is 0 Å². The summed E-state index contributed by atoms with van der Waals surface area (Å²) in [4.78, 5) is 0. The van der Waals surface area contributed by atoms with E-state index in [1.54, 1.807) is 5.92 Å². The average Bonchev–Trinajstić information content (AvgIpc) is 2.58. The fraction of sp³-hybridized carbons (Fsp3) is 0.0588. The van der Waals surface area contributed by atoms with Gasteiger partial charge in [-0.15, -0.1) is 12.3 Å². The molecule has 0 saturated heterocycles. The van der Waals surface area contributed by atoms with Crippen molar-refractivity contribution in [1.29, 1.82) is 0 Å². The Morgan fingerprint density at radius 2 is 0.880 bits per heavy atom. The summed E-state index contributed by atoms with van der Waals surface area (Å²) >= 11 is 0. The summed E-state index contributed by atoms with van der Waals surface area (Å²) in [6.45, 7) is 1.10. The maximum atomic E-state index is 14.0. The molecule has 8 heteroatoms. The molecule has 128 valence electrons. The summed E-state index contributed by atoms with van der Waals surface area (Å²) in [6, 6.07) is 0. The van der Waals surface area contributed by atoms with Crippen LogP contribution in [0.4, 0.5) is 35.1 Å². The molecule has 2 aromatic carbocycles. The molecule has 0 radical (unpaired) electrons. The molecule has 0 aromatic heterocycles. The van der Waals surface area contributed by atoms with Gasteiger partial charge < -0.3 is 0 Å². The van der Waals surface area contributed by atoms with E-state index in [0.29, 0.717) is 0 Å². The predicted molar refractivity (Wildman–Crippen MR) is 72.0 cm³/mol. The Balaban J connectivity index is 3.04. The highest BCUT2D eigenvalue weighted by molar-refractivity contribution is 5.69. The van der Waals surface area contributed by atoms with Gasteiger partial charge in [0.25, 0.3) is 0 Å². The molecule has 25 heavy (non-hydrogen) atoms. The predicted octanol–water partition coefficient (Wildman–Crippen LogP) is 4.82. The first-order chi connectivity index (χ1) is 11.7. The van der Waals surface area contributed by atoms with E-state index in [-0.39, 0.29) is 0 Å². The van der Waals surface area contributed by atoms with Crippen LogP contribution < -0.4 is 0 Å². The van der Waals surface area contributed by atoms with E-state index in [1.807, 2.05) is 5.92 Å². The van der Waals surface area contributed by atoms with Gasteiger partial charge in [0.05, 0.1) is 11.1 Å². The van der Waals surface area contributed by atoms with Gasteiger partial charge in [-0.3, -0.25) is 0 Å². The van der Waals surface area contributed by atoms with Gasteiger partial charge >= 0.3 is 0 Å². The van der Waals surface area contributed by atoms with E-state index >= 15 is 0 Å². The molecule has 0 bridgehead atoms. The lowest BCUT2D eigenvalue weighted by molar-refractivity contribution is 0.438. The van der Waals surface area contributed by atoms with Gasteiger partial charge in [0.1, 0.15) is 11.1 Å². The largest absolute Gasteiger partial charge is 0.203 e. The van der Waals surface area contributed by atoms with Crippen molar-refractivity contribution >= 4 is 0 Å². The molecule has 0 aliphatic heterocycles. The molecule has 0 spiro atoms. The zero-order chi connectivity index (χ0) is 19.0. The lowest BCUT2D eigenvalue weighted by Gasteiger charge is -2.13. The van der Waals surface area contributed by atoms with Crippen molar-refractivity contribution in [3.63, 3.8) is 0 Å². The molecule has 0 fully saturated rings. The topological polar surface area (TPSA) is 0 Å². The Kier molecular flexibility index (Phi) is 4.75. The SMILES string of the molecule is C#Cc1c(F)c(F)c(-c2c(F)c(F)c(C#CC)c(F)c2F)c(F)c1F. The molecule has 2 aromatic rings. The highest BCUT2D eigenvalue weighted by Crippen LogP contribution is 2.37. The van der Waals surface area contributed by atoms with E-state index in [1.165, 1.54) is 5.92 Å². The van der Waals surface area contributed by atoms with E-state index < -0.39 is 68.8 Å². The minimum Gasteiger partial charge on any atom is -0.203 e. The maximum absolute atomic E-state index is 14.0. The smallest absolute Gasteiger partial charge is 0.178 e. The molecule has 0 aliphatic carbocycles. The van der Waals surface area contributed by atoms with Crippen LogP contribution in [0.15, 0.2) is 0 Å². The number of benzene rings is 2. The van der Waals surface area contributed by atoms with Crippen LogP contribution >= 0.6 is 0 Å². The number of hydrogen-bond acceptors (Lipinski definition) is 0. The Labute approximate surface area is 136 Å². The summed E-state index contributed by atoms with van der Waals surface area (Å²) < 4.78 is 111. The van der Waals surface area contributed by atoms with Crippen LogP contribution in [-0.2, 0) is 0 Å². The maximum Gasteiger partial charge on any atom is 0.178 e. The van der Waals surface area contributed by atoms with Crippen molar-refractivity contribution < 1.29 is 35.1 Å². The summed E-state index contributed by atoms with van der Waals surface area (Å²) in [6.07, 6.45) is 4.69. The average molecular weight is 360 g/mol. The van der Waals surface area contributed by atoms with Crippen molar-refractivity contribution in [2.45, 2.75) is 6.92 Å². The summed E-state index contributed by atoms with van der Waals surface area (Å²) in [5.74, 6) is -12.6. The number of terminal acetylenes is 1. The van der Waals surface area contributed by atoms with Crippen LogP contribution in [0.2, 0.25) is 0 Å². The summed E-state index contributed by atoms with van der Waals surface area (Å²) in [5.41, 5.74) is -6.76. The highest BCUT2D eigenvalue weighted by Gasteiger charge is 2.33. The van der Waals surface area contributed by atoms with E-state index in [2.05, 4.69) is 0 Å². The Morgan fingerprint density at radius 3 is 1.16 bits per heavy atom. The second kappa shape index (κ2) is 6.48. The molecule has 0 amide bonds. The van der Waals surface area contributed by atoms with Crippen LogP contribution in [-0.4, -0.2) is 0 Å². The van der Waals surface area contributed by atoms with Gasteiger partial charge in [0.15, 0.2) is 46.5 Å². The molecule has 2 rings (SSSR count). The van der Waals surface area contributed by atoms with Crippen molar-refractivity contribution in [3.8, 4) is 35.3 Å². The Morgan fingerprint density at radius 1 is 0.560 bits per heavy atom. The monoisotopic (exact) mass is 360 g/mol. The van der Waals surface area contributed by atoms with Crippen LogP contribution in [0.25, 0.3) is 11.1 Å². The fourth-order valence-corrected chi connectivity index (χ4v) is 2.06. The van der Waals surface area contributed by atoms with Crippen molar-refractivity contribution in [2.24, 2.45) is 0 Å². The third kappa shape index (κ3) is 2.60. The normalized spacial score (nSPS) is 10.2. The van der Waals surface area contributed by atoms with Gasteiger partial charge in [-0.05, 0) is 6.92 Å². The van der Waals surface area contributed by atoms with E-state index in [0.717, 1.165) is 6.92 Å². The highest BCUT2D eigenvalue weighted by atomic mass is 19.2. The first-order valence-electron chi connectivity index (χ1n) is 6.30. The van der Waals surface area contributed by atoms with Crippen LogP contribution in [0.1, 0.15) is 18.1 Å². The quantitative estimate of drug-likeness (QED) is 0.389. The van der Waals surface area contributed by atoms with Gasteiger partial charge in [-0.2, -0.15) is 0 Å². The second-order valence-electron chi connectivity index (χ2n) is 4.53. The molecular formula is C17H4F8. The Hall–Kier alpha value is -3.00. The number of rotatable bonds is 1. The van der Waals surface area contributed by atoms with Gasteiger partial charge in [0, 0.05) is 0 Å². The fourth-order valence-electron chi connectivity index (χ4n) is 2.06. The first-order valence-corrected chi connectivity index (χ1v) is 6.30. The van der Waals surface area contributed by atoms with Gasteiger partial charge in [-0.25, -0.2) is 35.1 Å². The minimum absolute atomic E-state index is 1.10. The summed E-state index contributed by atoms with van der Waals surface area (Å²) in [5, 5.41) is 0. The minimum atomic E-state index is -2.31. The first kappa shape index (κ1) is 18.3. The lowest BCUT2D eigenvalue weighted by Crippen LogP contribution is -2.10. The van der Waals surface area contributed by atoms with Crippen LogP contribution in [0.3, 0.4) is 0 Å². The van der Waals surface area contributed by atoms with Crippen molar-refractivity contribution in [1.82, 2.24) is 0 Å². The molecule has 0 unspecified atom stereocenters. The third-order valence-electron chi connectivity index (χ3n) is 3.17. The summed E-state index contributed by atoms with van der Waals surface area (Å²) in [7, 11) is 0. The number of halogens is 8. The van der Waals surface area contributed by atoms with Crippen molar-refractivity contribution in [2.75, 3.05) is 0 Å². The number of hydrogen-bond donors (Lipinski definition) is 0. The van der Waals surface area contributed by atoms with Gasteiger partial charge in [-0.1, -0.05) is 11.8 Å². The zero-order valence-corrected chi connectivity index (χ0v) is 12.1. The van der Waals surface area contributed by atoms with E-state index in [4.69, 9.17) is 6.42 Å². The second-order valence-corrected chi connectivity index (χ2v) is 4.53. The molecule has 0 N–H and O–H groups in total. The van der Waals surface area contributed by atoms with Crippen LogP contribution in [0, 0.1) is 70.7 Å². The molecule has 0 aliphatic rings. The van der Waals surface area contributed by atoms with Crippen molar-refractivity contribution in [3.05, 3.63) is 57.7 Å². The molecular weight excluding hydrogens is 356 g/mol. The zero-order valence-electron chi connectivity index (χ0n) is 12.1. The Bertz CT molecular complexity index is 944. The molecule has 0 nitrogen and oxygen atoms in total. The molecule has 0 heterocycles. The standard InChI is InChI=1S/C17H4F8/c1-3-5-7-12(20)16(24)9(17(25)13(7)21)8-14(22)10(18)6(4-2)11(19)15(8)23/h2H,1H3. The molecule has 0 atom stereocenters. The van der Waals surface area contributed by atoms with Crippen LogP contribution in [0.5, 0.6) is 0 Å². The van der Waals surface area contributed by atoms with E-state index in [9.17, 15) is 35.1 Å². The lowest BCUT2D eigenvalue weighted by atomic mass is 9.97. The molecule has 0 saturated carbocycles.